The van der Waals surface area contributed by atoms with Gasteiger partial charge in [0.2, 0.25) is 5.91 Å². The predicted molar refractivity (Wildman–Crippen MR) is 92.8 cm³/mol. The Morgan fingerprint density at radius 2 is 2.00 bits per heavy atom. The van der Waals surface area contributed by atoms with Gasteiger partial charge in [-0.1, -0.05) is 28.9 Å². The van der Waals surface area contributed by atoms with Crippen LogP contribution in [0.25, 0.3) is 0 Å². The molecule has 1 atom stereocenters. The second kappa shape index (κ2) is 6.99. The van der Waals surface area contributed by atoms with E-state index in [4.69, 9.17) is 0 Å². The van der Waals surface area contributed by atoms with Gasteiger partial charge in [-0.25, -0.2) is 8.78 Å². The number of hydrogen-bond donors (Lipinski definition) is 1. The Morgan fingerprint density at radius 1 is 1.21 bits per heavy atom. The van der Waals surface area contributed by atoms with Gasteiger partial charge in [0, 0.05) is 21.8 Å². The molecule has 6 heteroatoms. The third kappa shape index (κ3) is 3.35. The molecule has 2 aromatic rings. The van der Waals surface area contributed by atoms with Crippen LogP contribution >= 0.6 is 15.9 Å². The zero-order valence-electron chi connectivity index (χ0n) is 13.2. The largest absolute Gasteiger partial charge is 0.325 e. The molecule has 1 unspecified atom stereocenters. The molecule has 126 valence electrons. The summed E-state index contributed by atoms with van der Waals surface area (Å²) in [6, 6.07) is 8.62. The van der Waals surface area contributed by atoms with Crippen molar-refractivity contribution in [1.29, 1.82) is 0 Å². The molecule has 2 aromatic carbocycles. The van der Waals surface area contributed by atoms with Crippen LogP contribution in [-0.4, -0.2) is 23.9 Å². The summed E-state index contributed by atoms with van der Waals surface area (Å²) in [7, 11) is 0. The molecule has 1 amide bonds. The summed E-state index contributed by atoms with van der Waals surface area (Å²) >= 11 is 3.44. The average molecular weight is 395 g/mol. The Labute approximate surface area is 147 Å². The van der Waals surface area contributed by atoms with Crippen molar-refractivity contribution in [3.8, 4) is 0 Å². The lowest BCUT2D eigenvalue weighted by molar-refractivity contribution is -0.117. The van der Waals surface area contributed by atoms with Crippen molar-refractivity contribution in [2.45, 2.75) is 19.4 Å². The molecule has 0 aromatic heterocycles. The van der Waals surface area contributed by atoms with E-state index in [1.165, 1.54) is 12.1 Å². The monoisotopic (exact) mass is 394 g/mol. The minimum atomic E-state index is -0.615. The zero-order chi connectivity index (χ0) is 17.3. The second-order valence-electron chi connectivity index (χ2n) is 5.82. The molecule has 3 nitrogen and oxygen atoms in total. The van der Waals surface area contributed by atoms with Crippen LogP contribution in [0.1, 0.15) is 30.5 Å². The van der Waals surface area contributed by atoms with Crippen LogP contribution in [0.4, 0.5) is 14.5 Å². The fraction of sp³-hybridized carbons (Fsp3) is 0.278. The summed E-state index contributed by atoms with van der Waals surface area (Å²) < 4.78 is 28.7. The Balaban J connectivity index is 2.20. The molecule has 1 aliphatic rings. The first kappa shape index (κ1) is 17.0. The average Bonchev–Trinajstić information content (AvgIpc) is 2.64. The Morgan fingerprint density at radius 3 is 2.71 bits per heavy atom. The van der Waals surface area contributed by atoms with E-state index in [0.717, 1.165) is 22.5 Å². The lowest BCUT2D eigenvalue weighted by Gasteiger charge is -2.30. The molecule has 24 heavy (non-hydrogen) atoms. The van der Waals surface area contributed by atoms with Gasteiger partial charge in [-0.3, -0.25) is 9.69 Å². The minimum Gasteiger partial charge on any atom is -0.325 e. The molecular weight excluding hydrogens is 378 g/mol. The van der Waals surface area contributed by atoms with E-state index in [0.29, 0.717) is 17.8 Å². The number of nitrogens with zero attached hydrogens (tertiary/aromatic N) is 1. The zero-order valence-corrected chi connectivity index (χ0v) is 14.7. The molecule has 1 heterocycles. The van der Waals surface area contributed by atoms with E-state index >= 15 is 0 Å². The standard InChI is InChI=1S/C18H17BrF2N2O/c1-2-7-23-10-17(24)22-16-6-3-11(19)8-14(16)18(23)13-5-4-12(20)9-15(13)21/h3-6,8-9,18H,2,7,10H2,1H3,(H,22,24). The second-order valence-corrected chi connectivity index (χ2v) is 6.73. The van der Waals surface area contributed by atoms with Crippen molar-refractivity contribution < 1.29 is 13.6 Å². The van der Waals surface area contributed by atoms with E-state index < -0.39 is 17.7 Å². The molecule has 0 fully saturated rings. The highest BCUT2D eigenvalue weighted by Gasteiger charge is 2.31. The number of halogens is 3. The van der Waals surface area contributed by atoms with E-state index in [1.807, 2.05) is 24.0 Å². The molecule has 1 N–H and O–H groups in total. The van der Waals surface area contributed by atoms with Crippen LogP contribution < -0.4 is 5.32 Å². The van der Waals surface area contributed by atoms with Crippen molar-refractivity contribution in [3.05, 3.63) is 63.6 Å². The fourth-order valence-corrected chi connectivity index (χ4v) is 3.50. The summed E-state index contributed by atoms with van der Waals surface area (Å²) in [6.07, 6.45) is 0.815. The highest BCUT2D eigenvalue weighted by atomic mass is 79.9. The fourth-order valence-electron chi connectivity index (χ4n) is 3.12. The van der Waals surface area contributed by atoms with Gasteiger partial charge in [0.25, 0.3) is 0 Å². The molecule has 0 aliphatic carbocycles. The van der Waals surface area contributed by atoms with Crippen molar-refractivity contribution >= 4 is 27.5 Å². The van der Waals surface area contributed by atoms with Crippen LogP contribution in [0.15, 0.2) is 40.9 Å². The maximum absolute atomic E-state index is 14.5. The first-order valence-electron chi connectivity index (χ1n) is 7.78. The van der Waals surface area contributed by atoms with Gasteiger partial charge >= 0.3 is 0 Å². The number of rotatable bonds is 3. The van der Waals surface area contributed by atoms with Gasteiger partial charge in [0.05, 0.1) is 12.6 Å². The summed E-state index contributed by atoms with van der Waals surface area (Å²) in [5, 5.41) is 2.87. The first-order chi connectivity index (χ1) is 11.5. The number of carbonyl (C=O) groups excluding carboxylic acids is 1. The topological polar surface area (TPSA) is 32.3 Å². The summed E-state index contributed by atoms with van der Waals surface area (Å²) in [6.45, 7) is 2.78. The van der Waals surface area contributed by atoms with Crippen molar-refractivity contribution in [2.24, 2.45) is 0 Å². The van der Waals surface area contributed by atoms with Gasteiger partial charge in [-0.2, -0.15) is 0 Å². The molecule has 0 bridgehead atoms. The number of hydrogen-bond acceptors (Lipinski definition) is 2. The van der Waals surface area contributed by atoms with E-state index in [-0.39, 0.29) is 12.5 Å². The Bertz CT molecular complexity index is 782. The van der Waals surface area contributed by atoms with Gasteiger partial charge in [-0.05, 0) is 42.8 Å². The van der Waals surface area contributed by atoms with Crippen LogP contribution in [0.2, 0.25) is 0 Å². The maximum atomic E-state index is 14.5. The third-order valence-electron chi connectivity index (χ3n) is 4.06. The van der Waals surface area contributed by atoms with Crippen LogP contribution in [-0.2, 0) is 4.79 Å². The van der Waals surface area contributed by atoms with E-state index in [2.05, 4.69) is 21.2 Å². The molecule has 0 radical (unpaired) electrons. The Hall–Kier alpha value is -1.79. The van der Waals surface area contributed by atoms with Crippen LogP contribution in [0.5, 0.6) is 0 Å². The molecular formula is C18H17BrF2N2O. The quantitative estimate of drug-likeness (QED) is 0.831. The number of nitrogens with one attached hydrogen (secondary N) is 1. The number of anilines is 1. The van der Waals surface area contributed by atoms with Gasteiger partial charge < -0.3 is 5.32 Å². The normalized spacial score (nSPS) is 18.0. The van der Waals surface area contributed by atoms with Crippen LogP contribution in [0.3, 0.4) is 0 Å². The van der Waals surface area contributed by atoms with E-state index in [1.54, 1.807) is 6.07 Å². The van der Waals surface area contributed by atoms with Crippen molar-refractivity contribution in [3.63, 3.8) is 0 Å². The van der Waals surface area contributed by atoms with Gasteiger partial charge in [0.1, 0.15) is 11.6 Å². The molecule has 0 saturated carbocycles. The summed E-state index contributed by atoms with van der Waals surface area (Å²) in [5.74, 6) is -1.37. The van der Waals surface area contributed by atoms with Gasteiger partial charge in [-0.15, -0.1) is 0 Å². The SMILES string of the molecule is CCCN1CC(=O)Nc2ccc(Br)cc2C1c1ccc(F)cc1F. The molecule has 0 saturated heterocycles. The number of fused-ring (bicyclic) bond motifs is 1. The number of carbonyl (C=O) groups is 1. The van der Waals surface area contributed by atoms with Crippen molar-refractivity contribution in [2.75, 3.05) is 18.4 Å². The molecule has 1 aliphatic heterocycles. The summed E-state index contributed by atoms with van der Waals surface area (Å²) in [4.78, 5) is 14.1. The lowest BCUT2D eigenvalue weighted by Crippen LogP contribution is -2.35. The Kier molecular flexibility index (Phi) is 4.96. The van der Waals surface area contributed by atoms with Gasteiger partial charge in [0.15, 0.2) is 0 Å². The lowest BCUT2D eigenvalue weighted by atomic mass is 9.95. The molecule has 0 spiro atoms. The maximum Gasteiger partial charge on any atom is 0.238 e. The van der Waals surface area contributed by atoms with Crippen LogP contribution in [0, 0.1) is 11.6 Å². The third-order valence-corrected chi connectivity index (χ3v) is 4.56. The van der Waals surface area contributed by atoms with E-state index in [9.17, 15) is 13.6 Å². The highest BCUT2D eigenvalue weighted by molar-refractivity contribution is 9.10. The number of amides is 1. The molecule has 3 rings (SSSR count). The van der Waals surface area contributed by atoms with Crippen molar-refractivity contribution in [1.82, 2.24) is 4.90 Å². The smallest absolute Gasteiger partial charge is 0.238 e. The minimum absolute atomic E-state index is 0.142. The number of benzene rings is 2. The highest BCUT2D eigenvalue weighted by Crippen LogP contribution is 2.38. The first-order valence-corrected chi connectivity index (χ1v) is 8.57. The predicted octanol–water partition coefficient (Wildman–Crippen LogP) is 4.48. The summed E-state index contributed by atoms with van der Waals surface area (Å²) in [5.41, 5.74) is 1.80.